The van der Waals surface area contributed by atoms with E-state index in [1.54, 1.807) is 23.1 Å². The molecule has 2 aliphatic rings. The summed E-state index contributed by atoms with van der Waals surface area (Å²) in [5, 5.41) is 11.4. The number of rotatable bonds is 2. The van der Waals surface area contributed by atoms with E-state index in [0.717, 1.165) is 5.56 Å². The Morgan fingerprint density at radius 1 is 1.12 bits per heavy atom. The quantitative estimate of drug-likeness (QED) is 0.925. The lowest BCUT2D eigenvalue weighted by molar-refractivity contribution is -0.140. The van der Waals surface area contributed by atoms with Crippen molar-refractivity contribution in [1.82, 2.24) is 0 Å². The number of ketones is 1. The van der Waals surface area contributed by atoms with Gasteiger partial charge in [0.05, 0.1) is 11.6 Å². The van der Waals surface area contributed by atoms with Crippen molar-refractivity contribution in [3.8, 4) is 0 Å². The van der Waals surface area contributed by atoms with Gasteiger partial charge in [0.15, 0.2) is 11.4 Å². The lowest BCUT2D eigenvalue weighted by Crippen LogP contribution is -2.49. The first kappa shape index (κ1) is 15.1. The van der Waals surface area contributed by atoms with E-state index < -0.39 is 11.5 Å². The molecule has 0 saturated heterocycles. The van der Waals surface area contributed by atoms with Crippen LogP contribution >= 0.6 is 0 Å². The number of Topliss-reactive ketones (excluding diaryl/α,β-unsaturated/α-hetero) is 1. The van der Waals surface area contributed by atoms with Gasteiger partial charge in [0.1, 0.15) is 0 Å². The summed E-state index contributed by atoms with van der Waals surface area (Å²) in [4.78, 5) is 27.6. The highest BCUT2D eigenvalue weighted by Gasteiger charge is 2.57. The first-order valence-corrected chi connectivity index (χ1v) is 8.35. The number of aryl methyl sites for hydroxylation is 1. The van der Waals surface area contributed by atoms with Crippen molar-refractivity contribution < 1.29 is 14.7 Å². The fourth-order valence-electron chi connectivity index (χ4n) is 4.11. The van der Waals surface area contributed by atoms with Crippen LogP contribution in [0.25, 0.3) is 0 Å². The second kappa shape index (κ2) is 5.28. The van der Waals surface area contributed by atoms with Gasteiger partial charge < -0.3 is 10.0 Å². The number of hydrogen-bond donors (Lipinski definition) is 1. The van der Waals surface area contributed by atoms with E-state index >= 15 is 0 Å². The SMILES string of the molecule is CCN1C(=O)[C@](O)([C@@H]2CCc3ccccc3C2=O)c2ccccc21. The summed E-state index contributed by atoms with van der Waals surface area (Å²) in [6.45, 7) is 2.34. The molecule has 1 aliphatic carbocycles. The van der Waals surface area contributed by atoms with Gasteiger partial charge >= 0.3 is 0 Å². The number of benzene rings is 2. The third-order valence-corrected chi connectivity index (χ3v) is 5.30. The Balaban J connectivity index is 1.85. The summed E-state index contributed by atoms with van der Waals surface area (Å²) >= 11 is 0. The Morgan fingerprint density at radius 2 is 1.83 bits per heavy atom. The highest BCUT2D eigenvalue weighted by molar-refractivity contribution is 6.12. The highest BCUT2D eigenvalue weighted by atomic mass is 16.3. The number of carbonyl (C=O) groups excluding carboxylic acids is 2. The van der Waals surface area contributed by atoms with Crippen LogP contribution in [0.4, 0.5) is 5.69 Å². The molecule has 0 spiro atoms. The van der Waals surface area contributed by atoms with E-state index in [2.05, 4.69) is 0 Å². The van der Waals surface area contributed by atoms with Crippen molar-refractivity contribution in [3.05, 3.63) is 65.2 Å². The minimum atomic E-state index is -1.77. The van der Waals surface area contributed by atoms with Gasteiger partial charge in [-0.3, -0.25) is 9.59 Å². The molecule has 24 heavy (non-hydrogen) atoms. The number of nitrogens with zero attached hydrogens (tertiary/aromatic N) is 1. The van der Waals surface area contributed by atoms with Crippen LogP contribution in [0.1, 0.15) is 34.8 Å². The molecule has 4 nitrogen and oxygen atoms in total. The maximum absolute atomic E-state index is 13.0. The zero-order chi connectivity index (χ0) is 16.9. The van der Waals surface area contributed by atoms with Gasteiger partial charge in [0.25, 0.3) is 5.91 Å². The molecule has 2 aromatic rings. The van der Waals surface area contributed by atoms with Crippen LogP contribution in [0, 0.1) is 5.92 Å². The maximum Gasteiger partial charge on any atom is 0.264 e. The molecule has 4 heteroatoms. The van der Waals surface area contributed by atoms with Crippen molar-refractivity contribution >= 4 is 17.4 Å². The number of likely N-dealkylation sites (N-methyl/N-ethyl adjacent to an activating group) is 1. The minimum absolute atomic E-state index is 0.138. The molecule has 2 atom stereocenters. The van der Waals surface area contributed by atoms with Crippen LogP contribution in [0.15, 0.2) is 48.5 Å². The molecule has 0 unspecified atom stereocenters. The minimum Gasteiger partial charge on any atom is -0.375 e. The fraction of sp³-hybridized carbons (Fsp3) is 0.300. The van der Waals surface area contributed by atoms with Gasteiger partial charge in [-0.15, -0.1) is 0 Å². The Morgan fingerprint density at radius 3 is 2.62 bits per heavy atom. The van der Waals surface area contributed by atoms with Crippen LogP contribution in [0.5, 0.6) is 0 Å². The van der Waals surface area contributed by atoms with Crippen LogP contribution in [0.2, 0.25) is 0 Å². The molecule has 1 amide bonds. The average molecular weight is 321 g/mol. The molecule has 0 aromatic heterocycles. The first-order chi connectivity index (χ1) is 11.6. The van der Waals surface area contributed by atoms with Gasteiger partial charge in [-0.05, 0) is 31.4 Å². The van der Waals surface area contributed by atoms with E-state index in [1.165, 1.54) is 0 Å². The molecule has 1 aliphatic heterocycles. The van der Waals surface area contributed by atoms with Crippen LogP contribution < -0.4 is 4.90 Å². The average Bonchev–Trinajstić information content (AvgIpc) is 2.84. The standard InChI is InChI=1S/C20H19NO3/c1-2-21-17-10-6-5-9-15(17)20(24,19(21)23)16-12-11-13-7-3-4-8-14(13)18(16)22/h3-10,16,24H,2,11-12H2,1H3/t16-,20-/m1/s1. The summed E-state index contributed by atoms with van der Waals surface area (Å²) in [6, 6.07) is 14.7. The number of hydrogen-bond acceptors (Lipinski definition) is 3. The topological polar surface area (TPSA) is 57.6 Å². The Labute approximate surface area is 140 Å². The van der Waals surface area contributed by atoms with E-state index in [-0.39, 0.29) is 11.7 Å². The fourth-order valence-corrected chi connectivity index (χ4v) is 4.11. The van der Waals surface area contributed by atoms with Crippen LogP contribution in [-0.4, -0.2) is 23.3 Å². The molecular weight excluding hydrogens is 302 g/mol. The molecular formula is C20H19NO3. The molecule has 2 aromatic carbocycles. The summed E-state index contributed by atoms with van der Waals surface area (Å²) in [6.07, 6.45) is 1.17. The zero-order valence-electron chi connectivity index (χ0n) is 13.5. The Hall–Kier alpha value is -2.46. The van der Waals surface area contributed by atoms with Gasteiger partial charge in [-0.25, -0.2) is 0 Å². The van der Waals surface area contributed by atoms with Gasteiger partial charge in [0.2, 0.25) is 0 Å². The second-order valence-corrected chi connectivity index (χ2v) is 6.45. The monoisotopic (exact) mass is 321 g/mol. The Kier molecular flexibility index (Phi) is 3.32. The number of carbonyl (C=O) groups is 2. The van der Waals surface area contributed by atoms with E-state index in [0.29, 0.717) is 36.2 Å². The van der Waals surface area contributed by atoms with E-state index in [9.17, 15) is 14.7 Å². The molecule has 0 bridgehead atoms. The van der Waals surface area contributed by atoms with Crippen molar-refractivity contribution in [2.75, 3.05) is 11.4 Å². The molecule has 0 radical (unpaired) electrons. The number of amides is 1. The van der Waals surface area contributed by atoms with Gasteiger partial charge in [-0.1, -0.05) is 42.5 Å². The zero-order valence-corrected chi connectivity index (χ0v) is 13.5. The largest absolute Gasteiger partial charge is 0.375 e. The normalized spacial score (nSPS) is 25.6. The summed E-state index contributed by atoms with van der Waals surface area (Å²) in [5.74, 6) is -1.26. The number of fused-ring (bicyclic) bond motifs is 2. The molecule has 1 N–H and O–H groups in total. The third kappa shape index (κ3) is 1.83. The Bertz CT molecular complexity index is 844. The lowest BCUT2D eigenvalue weighted by Gasteiger charge is -2.34. The van der Waals surface area contributed by atoms with Crippen molar-refractivity contribution in [3.63, 3.8) is 0 Å². The van der Waals surface area contributed by atoms with Crippen molar-refractivity contribution in [2.45, 2.75) is 25.4 Å². The third-order valence-electron chi connectivity index (χ3n) is 5.30. The summed E-state index contributed by atoms with van der Waals surface area (Å²) < 4.78 is 0. The number of para-hydroxylation sites is 1. The van der Waals surface area contributed by atoms with E-state index in [1.807, 2.05) is 37.3 Å². The molecule has 4 rings (SSSR count). The maximum atomic E-state index is 13.0. The smallest absolute Gasteiger partial charge is 0.264 e. The molecule has 0 fully saturated rings. The van der Waals surface area contributed by atoms with Crippen LogP contribution in [0.3, 0.4) is 0 Å². The van der Waals surface area contributed by atoms with Gasteiger partial charge in [-0.2, -0.15) is 0 Å². The second-order valence-electron chi connectivity index (χ2n) is 6.45. The first-order valence-electron chi connectivity index (χ1n) is 8.35. The molecule has 0 saturated carbocycles. The molecule has 1 heterocycles. The number of aliphatic hydroxyl groups is 1. The van der Waals surface area contributed by atoms with E-state index in [4.69, 9.17) is 0 Å². The van der Waals surface area contributed by atoms with Gasteiger partial charge in [0, 0.05) is 17.7 Å². The number of anilines is 1. The predicted molar refractivity (Wildman–Crippen MR) is 90.9 cm³/mol. The van der Waals surface area contributed by atoms with Crippen molar-refractivity contribution in [2.24, 2.45) is 5.92 Å². The predicted octanol–water partition coefficient (Wildman–Crippen LogP) is 2.69. The highest BCUT2D eigenvalue weighted by Crippen LogP contribution is 2.48. The van der Waals surface area contributed by atoms with Crippen LogP contribution in [-0.2, 0) is 16.8 Å². The summed E-state index contributed by atoms with van der Waals surface area (Å²) in [5.41, 5.74) is 1.11. The van der Waals surface area contributed by atoms with Crippen molar-refractivity contribution in [1.29, 1.82) is 0 Å². The molecule has 122 valence electrons. The lowest BCUT2D eigenvalue weighted by atomic mass is 9.71. The summed E-state index contributed by atoms with van der Waals surface area (Å²) in [7, 11) is 0.